The van der Waals surface area contributed by atoms with E-state index in [1.54, 1.807) is 30.5 Å². The first-order valence-corrected chi connectivity index (χ1v) is 7.72. The molecule has 0 radical (unpaired) electrons. The number of halogens is 2. The van der Waals surface area contributed by atoms with Crippen LogP contribution in [0.3, 0.4) is 0 Å². The molecule has 20 heavy (non-hydrogen) atoms. The minimum absolute atomic E-state index is 0.211. The highest BCUT2D eigenvalue weighted by Gasteiger charge is 2.03. The molecule has 0 aliphatic heterocycles. The van der Waals surface area contributed by atoms with Crippen LogP contribution in [0.25, 0.3) is 0 Å². The maximum absolute atomic E-state index is 13.5. The van der Waals surface area contributed by atoms with Gasteiger partial charge in [-0.1, -0.05) is 18.2 Å². The van der Waals surface area contributed by atoms with Crippen LogP contribution in [0.2, 0.25) is 0 Å². The van der Waals surface area contributed by atoms with Crippen molar-refractivity contribution in [2.45, 2.75) is 13.1 Å². The fraction of sp³-hybridized carbons (Fsp3) is 0.214. The van der Waals surface area contributed by atoms with Gasteiger partial charge < -0.3 is 10.6 Å². The Kier molecular flexibility index (Phi) is 5.55. The lowest BCUT2D eigenvalue weighted by Crippen LogP contribution is -2.36. The summed E-state index contributed by atoms with van der Waals surface area (Å²) in [4.78, 5) is 5.32. The topological polar surface area (TPSA) is 36.4 Å². The molecular formula is C14H15BrFN3S. The number of nitrogens with zero attached hydrogens (tertiary/aromatic N) is 1. The molecule has 0 unspecified atom stereocenters. The van der Waals surface area contributed by atoms with Crippen molar-refractivity contribution < 1.29 is 4.39 Å². The summed E-state index contributed by atoms with van der Waals surface area (Å²) in [6.45, 7) is 1.09. The van der Waals surface area contributed by atoms with Crippen molar-refractivity contribution in [1.29, 1.82) is 0 Å². The molecular weight excluding hydrogens is 341 g/mol. The Labute approximate surface area is 130 Å². The molecule has 0 atom stereocenters. The lowest BCUT2D eigenvalue weighted by molar-refractivity contribution is 0.604. The van der Waals surface area contributed by atoms with Gasteiger partial charge in [-0.2, -0.15) is 0 Å². The van der Waals surface area contributed by atoms with E-state index in [4.69, 9.17) is 0 Å². The van der Waals surface area contributed by atoms with E-state index in [1.165, 1.54) is 10.9 Å². The second-order valence-electron chi connectivity index (χ2n) is 4.08. The molecule has 0 aliphatic rings. The van der Waals surface area contributed by atoms with Gasteiger partial charge >= 0.3 is 0 Å². The highest BCUT2D eigenvalue weighted by Crippen LogP contribution is 2.21. The van der Waals surface area contributed by atoms with Crippen LogP contribution >= 0.6 is 27.3 Å². The van der Waals surface area contributed by atoms with E-state index in [2.05, 4.69) is 31.6 Å². The van der Waals surface area contributed by atoms with E-state index < -0.39 is 0 Å². The van der Waals surface area contributed by atoms with Gasteiger partial charge in [-0.05, 0) is 34.1 Å². The Bertz CT molecular complexity index is 598. The van der Waals surface area contributed by atoms with Gasteiger partial charge in [0.2, 0.25) is 0 Å². The quantitative estimate of drug-likeness (QED) is 0.650. The molecule has 6 heteroatoms. The molecule has 1 aromatic carbocycles. The molecule has 0 spiro atoms. The van der Waals surface area contributed by atoms with Gasteiger partial charge in [0.1, 0.15) is 5.82 Å². The van der Waals surface area contributed by atoms with E-state index in [0.717, 1.165) is 3.79 Å². The van der Waals surface area contributed by atoms with Gasteiger partial charge in [-0.25, -0.2) is 4.39 Å². The molecule has 1 aromatic heterocycles. The number of rotatable bonds is 4. The summed E-state index contributed by atoms with van der Waals surface area (Å²) in [5.41, 5.74) is 0.620. The highest BCUT2D eigenvalue weighted by atomic mass is 79.9. The van der Waals surface area contributed by atoms with Crippen LogP contribution in [0, 0.1) is 5.82 Å². The van der Waals surface area contributed by atoms with Crippen LogP contribution in [0.15, 0.2) is 45.2 Å². The fourth-order valence-electron chi connectivity index (χ4n) is 1.66. The van der Waals surface area contributed by atoms with Gasteiger partial charge in [-0.15, -0.1) is 11.3 Å². The van der Waals surface area contributed by atoms with Crippen molar-refractivity contribution in [1.82, 2.24) is 10.6 Å². The Balaban J connectivity index is 1.85. The zero-order chi connectivity index (χ0) is 14.4. The Morgan fingerprint density at radius 3 is 2.60 bits per heavy atom. The minimum Gasteiger partial charge on any atom is -0.352 e. The summed E-state index contributed by atoms with van der Waals surface area (Å²) in [6, 6.07) is 10.8. The molecule has 0 amide bonds. The van der Waals surface area contributed by atoms with E-state index >= 15 is 0 Å². The predicted octanol–water partition coefficient (Wildman–Crippen LogP) is 3.51. The molecule has 0 aliphatic carbocycles. The highest BCUT2D eigenvalue weighted by molar-refractivity contribution is 9.11. The van der Waals surface area contributed by atoms with Crippen LogP contribution in [-0.2, 0) is 13.1 Å². The summed E-state index contributed by atoms with van der Waals surface area (Å²) in [5, 5.41) is 6.29. The van der Waals surface area contributed by atoms with Crippen molar-refractivity contribution in [3.05, 3.63) is 56.4 Å². The molecule has 0 bridgehead atoms. The molecule has 2 N–H and O–H groups in total. The zero-order valence-corrected chi connectivity index (χ0v) is 13.4. The Hall–Kier alpha value is -1.40. The maximum atomic E-state index is 13.5. The second kappa shape index (κ2) is 7.40. The predicted molar refractivity (Wildman–Crippen MR) is 85.5 cm³/mol. The van der Waals surface area contributed by atoms with Gasteiger partial charge in [-0.3, -0.25) is 4.99 Å². The smallest absolute Gasteiger partial charge is 0.191 e. The van der Waals surface area contributed by atoms with Crippen molar-refractivity contribution in [2.75, 3.05) is 7.05 Å². The molecule has 2 aromatic rings. The molecule has 0 fully saturated rings. The van der Waals surface area contributed by atoms with Crippen LogP contribution in [0.4, 0.5) is 4.39 Å². The van der Waals surface area contributed by atoms with E-state index in [-0.39, 0.29) is 5.82 Å². The summed E-state index contributed by atoms with van der Waals surface area (Å²) >= 11 is 5.10. The first-order valence-electron chi connectivity index (χ1n) is 6.11. The van der Waals surface area contributed by atoms with E-state index in [1.807, 2.05) is 18.2 Å². The Morgan fingerprint density at radius 1 is 1.20 bits per heavy atom. The van der Waals surface area contributed by atoms with Gasteiger partial charge in [0.25, 0.3) is 0 Å². The summed E-state index contributed by atoms with van der Waals surface area (Å²) in [7, 11) is 1.70. The summed E-state index contributed by atoms with van der Waals surface area (Å²) < 4.78 is 14.6. The second-order valence-corrected chi connectivity index (χ2v) is 6.62. The van der Waals surface area contributed by atoms with Crippen molar-refractivity contribution in [3.8, 4) is 0 Å². The average Bonchev–Trinajstić information content (AvgIpc) is 2.86. The maximum Gasteiger partial charge on any atom is 0.191 e. The number of aliphatic imine (C=N–C) groups is 1. The van der Waals surface area contributed by atoms with Gasteiger partial charge in [0.15, 0.2) is 5.96 Å². The fourth-order valence-corrected chi connectivity index (χ4v) is 3.08. The SMILES string of the molecule is CN=C(NCc1ccc(Br)s1)NCc1ccccc1F. The first-order chi connectivity index (χ1) is 9.69. The van der Waals surface area contributed by atoms with Crippen molar-refractivity contribution in [2.24, 2.45) is 4.99 Å². The lowest BCUT2D eigenvalue weighted by Gasteiger charge is -2.11. The third-order valence-corrected chi connectivity index (χ3v) is 4.31. The van der Waals surface area contributed by atoms with Crippen LogP contribution in [0.1, 0.15) is 10.4 Å². The largest absolute Gasteiger partial charge is 0.352 e. The number of hydrogen-bond acceptors (Lipinski definition) is 2. The molecule has 0 saturated heterocycles. The number of nitrogens with one attached hydrogen (secondary N) is 2. The van der Waals surface area contributed by atoms with E-state index in [9.17, 15) is 4.39 Å². The lowest BCUT2D eigenvalue weighted by atomic mass is 10.2. The first kappa shape index (κ1) is 15.0. The Morgan fingerprint density at radius 2 is 1.95 bits per heavy atom. The zero-order valence-electron chi connectivity index (χ0n) is 11.0. The summed E-state index contributed by atoms with van der Waals surface area (Å²) in [5.74, 6) is 0.440. The monoisotopic (exact) mass is 355 g/mol. The number of benzene rings is 1. The molecule has 106 valence electrons. The third-order valence-electron chi connectivity index (χ3n) is 2.69. The molecule has 0 saturated carbocycles. The molecule has 2 rings (SSSR count). The number of hydrogen-bond donors (Lipinski definition) is 2. The van der Waals surface area contributed by atoms with Gasteiger partial charge in [0.05, 0.1) is 10.3 Å². The van der Waals surface area contributed by atoms with Crippen LogP contribution in [-0.4, -0.2) is 13.0 Å². The average molecular weight is 356 g/mol. The van der Waals surface area contributed by atoms with Crippen LogP contribution < -0.4 is 10.6 Å². The van der Waals surface area contributed by atoms with Crippen LogP contribution in [0.5, 0.6) is 0 Å². The van der Waals surface area contributed by atoms with Crippen molar-refractivity contribution in [3.63, 3.8) is 0 Å². The third kappa shape index (κ3) is 4.31. The van der Waals surface area contributed by atoms with E-state index in [0.29, 0.717) is 24.6 Å². The number of guanidine groups is 1. The number of thiophene rings is 1. The minimum atomic E-state index is -0.211. The van der Waals surface area contributed by atoms with Gasteiger partial charge in [0, 0.05) is 24.0 Å². The van der Waals surface area contributed by atoms with Crippen molar-refractivity contribution >= 4 is 33.2 Å². The summed E-state index contributed by atoms with van der Waals surface area (Å²) in [6.07, 6.45) is 0. The molecule has 1 heterocycles. The normalized spacial score (nSPS) is 11.4. The standard InChI is InChI=1S/C14H15BrFN3S/c1-17-14(19-9-11-6-7-13(15)20-11)18-8-10-4-2-3-5-12(10)16/h2-7H,8-9H2,1H3,(H2,17,18,19). The molecule has 3 nitrogen and oxygen atoms in total.